The standard InChI is InChI=1S/C22H22N4S/c1-15-8-3-4-10-18(15)25-13-7-11-19(25)21-20(17-9-5-6-12-23-17)24-22-26(21)14-16(2)27-22/h3-13,16,20-21H,14H2,1-2H3/t16-,20+,21-/m1/s1. The van der Waals surface area contributed by atoms with Crippen LogP contribution in [0.25, 0.3) is 5.69 Å². The molecule has 4 nitrogen and oxygen atoms in total. The Morgan fingerprint density at radius 2 is 1.89 bits per heavy atom. The lowest BCUT2D eigenvalue weighted by molar-refractivity contribution is 0.312. The SMILES string of the molecule is Cc1ccccc1-n1cccc1[C@@H]1[C@H](c2ccccn2)N=C2S[C@H](C)CN21. The first-order chi connectivity index (χ1) is 13.2. The predicted octanol–water partition coefficient (Wildman–Crippen LogP) is 4.77. The van der Waals surface area contributed by atoms with E-state index in [1.165, 1.54) is 16.9 Å². The lowest BCUT2D eigenvalue weighted by Gasteiger charge is -2.28. The molecule has 27 heavy (non-hydrogen) atoms. The van der Waals surface area contributed by atoms with Crippen molar-refractivity contribution in [2.45, 2.75) is 31.2 Å². The Labute approximate surface area is 164 Å². The van der Waals surface area contributed by atoms with Crippen molar-refractivity contribution < 1.29 is 0 Å². The fourth-order valence-corrected chi connectivity index (χ4v) is 5.22. The van der Waals surface area contributed by atoms with Gasteiger partial charge < -0.3 is 9.47 Å². The summed E-state index contributed by atoms with van der Waals surface area (Å²) in [5.41, 5.74) is 4.81. The maximum absolute atomic E-state index is 5.10. The number of pyridine rings is 1. The van der Waals surface area contributed by atoms with Gasteiger partial charge in [-0.25, -0.2) is 0 Å². The minimum atomic E-state index is 0.0267. The average Bonchev–Trinajstić information content (AvgIpc) is 3.36. The minimum absolute atomic E-state index is 0.0267. The Morgan fingerprint density at radius 3 is 2.70 bits per heavy atom. The van der Waals surface area contributed by atoms with Crippen LogP contribution in [0.2, 0.25) is 0 Å². The first kappa shape index (κ1) is 16.6. The van der Waals surface area contributed by atoms with Crippen LogP contribution in [-0.4, -0.2) is 31.4 Å². The van der Waals surface area contributed by atoms with Crippen molar-refractivity contribution >= 4 is 16.9 Å². The fraction of sp³-hybridized carbons (Fsp3) is 0.273. The van der Waals surface area contributed by atoms with Crippen molar-refractivity contribution in [3.05, 3.63) is 83.9 Å². The van der Waals surface area contributed by atoms with Crippen molar-refractivity contribution in [2.75, 3.05) is 6.54 Å². The molecule has 0 N–H and O–H groups in total. The second-order valence-corrected chi connectivity index (χ2v) is 8.63. The molecule has 2 aliphatic heterocycles. The molecule has 0 aliphatic carbocycles. The van der Waals surface area contributed by atoms with Crippen molar-refractivity contribution in [3.63, 3.8) is 0 Å². The summed E-state index contributed by atoms with van der Waals surface area (Å²) < 4.78 is 2.32. The summed E-state index contributed by atoms with van der Waals surface area (Å²) in [6.07, 6.45) is 4.03. The number of aromatic nitrogens is 2. The number of para-hydroxylation sites is 1. The highest BCUT2D eigenvalue weighted by Crippen LogP contribution is 2.47. The summed E-state index contributed by atoms with van der Waals surface area (Å²) in [5.74, 6) is 0. The van der Waals surface area contributed by atoms with Crippen molar-refractivity contribution in [2.24, 2.45) is 4.99 Å². The number of hydrogen-bond acceptors (Lipinski definition) is 4. The molecule has 1 saturated heterocycles. The largest absolute Gasteiger partial charge is 0.339 e. The molecule has 0 bridgehead atoms. The maximum atomic E-state index is 5.10. The molecule has 4 heterocycles. The van der Waals surface area contributed by atoms with Crippen LogP contribution < -0.4 is 0 Å². The van der Waals surface area contributed by atoms with E-state index < -0.39 is 0 Å². The third-order valence-electron chi connectivity index (χ3n) is 5.34. The topological polar surface area (TPSA) is 33.4 Å². The van der Waals surface area contributed by atoms with Crippen molar-refractivity contribution in [1.29, 1.82) is 0 Å². The number of amidine groups is 1. The first-order valence-electron chi connectivity index (χ1n) is 9.37. The van der Waals surface area contributed by atoms with Crippen LogP contribution in [0.15, 0.2) is 72.0 Å². The zero-order valence-electron chi connectivity index (χ0n) is 15.5. The first-order valence-corrected chi connectivity index (χ1v) is 10.3. The van der Waals surface area contributed by atoms with Crippen LogP contribution in [0.4, 0.5) is 0 Å². The van der Waals surface area contributed by atoms with Gasteiger partial charge in [0.15, 0.2) is 5.17 Å². The highest BCUT2D eigenvalue weighted by molar-refractivity contribution is 8.14. The molecule has 0 unspecified atom stereocenters. The summed E-state index contributed by atoms with van der Waals surface area (Å²) >= 11 is 1.88. The molecule has 0 radical (unpaired) electrons. The second-order valence-electron chi connectivity index (χ2n) is 7.23. The molecule has 5 heteroatoms. The van der Waals surface area contributed by atoms with Gasteiger partial charge >= 0.3 is 0 Å². The van der Waals surface area contributed by atoms with E-state index in [4.69, 9.17) is 4.99 Å². The molecule has 3 aromatic rings. The van der Waals surface area contributed by atoms with Gasteiger partial charge in [-0.1, -0.05) is 43.0 Å². The van der Waals surface area contributed by atoms with Gasteiger partial charge in [0.2, 0.25) is 0 Å². The van der Waals surface area contributed by atoms with E-state index in [1.807, 2.05) is 24.0 Å². The van der Waals surface area contributed by atoms with Gasteiger partial charge in [-0.2, -0.15) is 0 Å². The number of fused-ring (bicyclic) bond motifs is 1. The molecule has 136 valence electrons. The monoisotopic (exact) mass is 374 g/mol. The Kier molecular flexibility index (Phi) is 4.05. The van der Waals surface area contributed by atoms with Gasteiger partial charge in [-0.15, -0.1) is 0 Å². The van der Waals surface area contributed by atoms with Crippen molar-refractivity contribution in [3.8, 4) is 5.69 Å². The third-order valence-corrected chi connectivity index (χ3v) is 6.44. The van der Waals surface area contributed by atoms with Gasteiger partial charge in [0.05, 0.1) is 11.7 Å². The third kappa shape index (κ3) is 2.77. The normalized spacial score (nSPS) is 24.1. The molecular weight excluding hydrogens is 352 g/mol. The van der Waals surface area contributed by atoms with Gasteiger partial charge in [-0.05, 0) is 42.8 Å². The number of rotatable bonds is 3. The molecule has 2 aromatic heterocycles. The van der Waals surface area contributed by atoms with Crippen LogP contribution >= 0.6 is 11.8 Å². The Hall–Kier alpha value is -2.53. The summed E-state index contributed by atoms with van der Waals surface area (Å²) in [4.78, 5) is 12.2. The summed E-state index contributed by atoms with van der Waals surface area (Å²) in [6, 6.07) is 19.2. The molecule has 2 aliphatic rings. The summed E-state index contributed by atoms with van der Waals surface area (Å²) in [7, 11) is 0. The number of thioether (sulfide) groups is 1. The Morgan fingerprint density at radius 1 is 1.04 bits per heavy atom. The quantitative estimate of drug-likeness (QED) is 0.662. The van der Waals surface area contributed by atoms with E-state index >= 15 is 0 Å². The Balaban J connectivity index is 1.63. The molecule has 0 spiro atoms. The van der Waals surface area contributed by atoms with Crippen LogP contribution in [-0.2, 0) is 0 Å². The maximum Gasteiger partial charge on any atom is 0.160 e. The van der Waals surface area contributed by atoms with E-state index in [9.17, 15) is 0 Å². The summed E-state index contributed by atoms with van der Waals surface area (Å²) in [6.45, 7) is 5.47. The van der Waals surface area contributed by atoms with Gasteiger partial charge in [-0.3, -0.25) is 9.98 Å². The van der Waals surface area contributed by atoms with Gasteiger partial charge in [0.25, 0.3) is 0 Å². The van der Waals surface area contributed by atoms with E-state index in [0.717, 1.165) is 17.4 Å². The number of nitrogens with zero attached hydrogens (tertiary/aromatic N) is 4. The highest BCUT2D eigenvalue weighted by atomic mass is 32.2. The fourth-order valence-electron chi connectivity index (χ4n) is 4.13. The van der Waals surface area contributed by atoms with Crippen molar-refractivity contribution in [1.82, 2.24) is 14.5 Å². The van der Waals surface area contributed by atoms with Crippen LogP contribution in [0.1, 0.15) is 36.0 Å². The lowest BCUT2D eigenvalue weighted by atomic mass is 10.0. The Bertz CT molecular complexity index is 994. The molecule has 1 fully saturated rings. The van der Waals surface area contributed by atoms with Gasteiger partial charge in [0.1, 0.15) is 6.04 Å². The van der Waals surface area contributed by atoms with E-state index in [1.54, 1.807) is 0 Å². The van der Waals surface area contributed by atoms with Crippen LogP contribution in [0.3, 0.4) is 0 Å². The van der Waals surface area contributed by atoms with Gasteiger partial charge in [0, 0.05) is 35.6 Å². The number of benzene rings is 1. The van der Waals surface area contributed by atoms with E-state index in [0.29, 0.717) is 5.25 Å². The zero-order valence-corrected chi connectivity index (χ0v) is 16.3. The number of hydrogen-bond donors (Lipinski definition) is 0. The number of aryl methyl sites for hydroxylation is 1. The second kappa shape index (κ2) is 6.57. The average molecular weight is 375 g/mol. The number of aliphatic imine (C=N–C) groups is 1. The van der Waals surface area contributed by atoms with E-state index in [2.05, 4.69) is 83.0 Å². The van der Waals surface area contributed by atoms with Crippen LogP contribution in [0, 0.1) is 6.92 Å². The molecular formula is C22H22N4S. The zero-order chi connectivity index (χ0) is 18.4. The molecule has 0 amide bonds. The molecule has 3 atom stereocenters. The summed E-state index contributed by atoms with van der Waals surface area (Å²) in [5, 5.41) is 1.72. The van der Waals surface area contributed by atoms with Crippen LogP contribution in [0.5, 0.6) is 0 Å². The smallest absolute Gasteiger partial charge is 0.160 e. The molecule has 1 aromatic carbocycles. The molecule has 5 rings (SSSR count). The lowest BCUT2D eigenvalue weighted by Crippen LogP contribution is -2.30. The highest BCUT2D eigenvalue weighted by Gasteiger charge is 2.44. The minimum Gasteiger partial charge on any atom is -0.339 e. The molecule has 0 saturated carbocycles. The van der Waals surface area contributed by atoms with E-state index in [-0.39, 0.29) is 12.1 Å². The predicted molar refractivity (Wildman–Crippen MR) is 111 cm³/mol.